The molecule has 0 bridgehead atoms. The molecule has 9 heteroatoms. The van der Waals surface area contributed by atoms with Crippen molar-refractivity contribution in [1.29, 1.82) is 0 Å². The third kappa shape index (κ3) is 5.49. The first-order valence-electron chi connectivity index (χ1n) is 11.5. The van der Waals surface area contributed by atoms with Gasteiger partial charge in [-0.25, -0.2) is 4.79 Å². The van der Waals surface area contributed by atoms with Crippen LogP contribution in [0.15, 0.2) is 54.9 Å². The zero-order valence-electron chi connectivity index (χ0n) is 19.8. The summed E-state index contributed by atoms with van der Waals surface area (Å²) in [6.45, 7) is 3.34. The predicted molar refractivity (Wildman–Crippen MR) is 135 cm³/mol. The molecule has 180 valence electrons. The summed E-state index contributed by atoms with van der Waals surface area (Å²) >= 11 is 0. The van der Waals surface area contributed by atoms with Crippen LogP contribution in [0, 0.1) is 0 Å². The van der Waals surface area contributed by atoms with Crippen LogP contribution in [0.25, 0.3) is 11.1 Å². The zero-order chi connectivity index (χ0) is 23.9. The van der Waals surface area contributed by atoms with Crippen molar-refractivity contribution in [2.45, 2.75) is 19.0 Å². The molecule has 34 heavy (non-hydrogen) atoms. The number of nitrogens with zero attached hydrogens (tertiary/aromatic N) is 3. The number of ether oxygens (including phenoxy) is 1. The molecule has 0 aliphatic carbocycles. The van der Waals surface area contributed by atoms with Gasteiger partial charge in [0.05, 0.1) is 24.7 Å². The van der Waals surface area contributed by atoms with Crippen LogP contribution >= 0.6 is 0 Å². The van der Waals surface area contributed by atoms with Crippen molar-refractivity contribution in [3.8, 4) is 16.9 Å². The van der Waals surface area contributed by atoms with Gasteiger partial charge < -0.3 is 30.9 Å². The van der Waals surface area contributed by atoms with Gasteiger partial charge in [-0.2, -0.15) is 5.10 Å². The number of carbonyl (C=O) groups is 1. The minimum absolute atomic E-state index is 0.113. The van der Waals surface area contributed by atoms with Crippen LogP contribution in [0.2, 0.25) is 0 Å². The number of nitrogens with two attached hydrogens (primary N) is 1. The topological polar surface area (TPSA) is 112 Å². The van der Waals surface area contributed by atoms with Crippen molar-refractivity contribution in [1.82, 2.24) is 20.4 Å². The van der Waals surface area contributed by atoms with E-state index in [0.29, 0.717) is 19.6 Å². The van der Waals surface area contributed by atoms with Gasteiger partial charge in [-0.15, -0.1) is 0 Å². The molecule has 0 spiro atoms. The van der Waals surface area contributed by atoms with Crippen molar-refractivity contribution >= 4 is 17.4 Å². The van der Waals surface area contributed by atoms with Gasteiger partial charge in [-0.3, -0.25) is 5.10 Å². The molecule has 4 rings (SSSR count). The average Bonchev–Trinajstić information content (AvgIpc) is 3.58. The lowest BCUT2D eigenvalue weighted by Gasteiger charge is -2.30. The first kappa shape index (κ1) is 23.6. The largest absolute Gasteiger partial charge is 0.497 e. The number of methoxy groups -OCH3 is 1. The van der Waals surface area contributed by atoms with E-state index in [1.54, 1.807) is 13.3 Å². The first-order chi connectivity index (χ1) is 16.6. The number of H-pyrrole nitrogens is 1. The SMILES string of the molecule is COc1cccc(CN(C(=O)Nc2ccc(-c3cn[nH]c3)cc2N(C)CCN)C2CCNC2)c1. The van der Waals surface area contributed by atoms with Crippen LogP contribution in [0.4, 0.5) is 16.2 Å². The van der Waals surface area contributed by atoms with Crippen LogP contribution in [-0.4, -0.2) is 67.5 Å². The van der Waals surface area contributed by atoms with Crippen molar-refractivity contribution in [3.63, 3.8) is 0 Å². The standard InChI is InChI=1S/C25H33N7O2/c1-31(11-9-26)24-13-19(20-14-28-29-15-20)6-7-23(24)30-25(33)32(21-8-10-27-16-21)17-18-4-3-5-22(12-18)34-2/h3-7,12-15,21,27H,8-11,16-17,26H2,1-2H3,(H,28,29)(H,30,33). The number of anilines is 2. The highest BCUT2D eigenvalue weighted by molar-refractivity contribution is 5.94. The highest BCUT2D eigenvalue weighted by atomic mass is 16.5. The van der Waals surface area contributed by atoms with Crippen molar-refractivity contribution in [3.05, 3.63) is 60.4 Å². The van der Waals surface area contributed by atoms with E-state index in [2.05, 4.69) is 31.8 Å². The Kier molecular flexibility index (Phi) is 7.66. The van der Waals surface area contributed by atoms with Gasteiger partial charge in [0.2, 0.25) is 0 Å². The van der Waals surface area contributed by atoms with E-state index in [1.165, 1.54) is 0 Å². The summed E-state index contributed by atoms with van der Waals surface area (Å²) in [6.07, 6.45) is 4.54. The molecule has 1 atom stereocenters. The van der Waals surface area contributed by atoms with E-state index in [-0.39, 0.29) is 12.1 Å². The zero-order valence-corrected chi connectivity index (χ0v) is 19.8. The summed E-state index contributed by atoms with van der Waals surface area (Å²) in [5.41, 5.74) is 10.5. The Balaban J connectivity index is 1.60. The Morgan fingerprint density at radius 2 is 2.15 bits per heavy atom. The van der Waals surface area contributed by atoms with E-state index < -0.39 is 0 Å². The van der Waals surface area contributed by atoms with Crippen molar-refractivity contribution in [2.24, 2.45) is 5.73 Å². The van der Waals surface area contributed by atoms with Crippen LogP contribution < -0.4 is 26.0 Å². The predicted octanol–water partition coefficient (Wildman–Crippen LogP) is 2.88. The fraction of sp³-hybridized carbons (Fsp3) is 0.360. The van der Waals surface area contributed by atoms with Crippen LogP contribution in [0.5, 0.6) is 5.75 Å². The molecule has 1 unspecified atom stereocenters. The number of amides is 2. The number of urea groups is 1. The second kappa shape index (κ2) is 11.0. The van der Waals surface area contributed by atoms with Gasteiger partial charge in [-0.05, 0) is 48.4 Å². The Bertz CT molecular complexity index is 1080. The average molecular weight is 464 g/mol. The van der Waals surface area contributed by atoms with Gasteiger partial charge in [0, 0.05) is 51.0 Å². The second-order valence-electron chi connectivity index (χ2n) is 8.49. The number of nitrogens with one attached hydrogen (secondary N) is 3. The summed E-state index contributed by atoms with van der Waals surface area (Å²) in [5.74, 6) is 0.780. The molecule has 2 aromatic carbocycles. The minimum atomic E-state index is -0.130. The fourth-order valence-corrected chi connectivity index (χ4v) is 4.28. The quantitative estimate of drug-likeness (QED) is 0.388. The number of benzene rings is 2. The minimum Gasteiger partial charge on any atom is -0.497 e. The number of hydrogen-bond donors (Lipinski definition) is 4. The molecule has 1 aliphatic heterocycles. The Morgan fingerprint density at radius 3 is 2.85 bits per heavy atom. The number of carbonyl (C=O) groups excluding carboxylic acids is 1. The molecule has 9 nitrogen and oxygen atoms in total. The van der Waals surface area contributed by atoms with E-state index >= 15 is 0 Å². The summed E-state index contributed by atoms with van der Waals surface area (Å²) in [5, 5.41) is 13.4. The van der Waals surface area contributed by atoms with E-state index in [0.717, 1.165) is 53.3 Å². The smallest absolute Gasteiger partial charge is 0.322 e. The van der Waals surface area contributed by atoms with Crippen LogP contribution in [0.3, 0.4) is 0 Å². The number of hydrogen-bond acceptors (Lipinski definition) is 6. The molecular weight excluding hydrogens is 430 g/mol. The Labute approximate surface area is 200 Å². The molecular formula is C25H33N7O2. The van der Waals surface area contributed by atoms with Gasteiger partial charge in [0.25, 0.3) is 0 Å². The molecule has 2 heterocycles. The maximum absolute atomic E-state index is 13.6. The lowest BCUT2D eigenvalue weighted by atomic mass is 10.1. The molecule has 0 saturated carbocycles. The number of rotatable bonds is 9. The maximum Gasteiger partial charge on any atom is 0.322 e. The van der Waals surface area contributed by atoms with Gasteiger partial charge >= 0.3 is 6.03 Å². The van der Waals surface area contributed by atoms with Crippen molar-refractivity contribution < 1.29 is 9.53 Å². The molecule has 1 saturated heterocycles. The lowest BCUT2D eigenvalue weighted by Crippen LogP contribution is -2.43. The fourth-order valence-electron chi connectivity index (χ4n) is 4.28. The normalized spacial score (nSPS) is 15.2. The number of aromatic nitrogens is 2. The molecule has 0 radical (unpaired) electrons. The van der Waals surface area contributed by atoms with E-state index in [4.69, 9.17) is 10.5 Å². The van der Waals surface area contributed by atoms with Gasteiger partial charge in [0.15, 0.2) is 0 Å². The highest BCUT2D eigenvalue weighted by Gasteiger charge is 2.27. The third-order valence-corrected chi connectivity index (χ3v) is 6.17. The van der Waals surface area contributed by atoms with E-state index in [9.17, 15) is 4.79 Å². The second-order valence-corrected chi connectivity index (χ2v) is 8.49. The summed E-state index contributed by atoms with van der Waals surface area (Å²) in [6, 6.07) is 13.8. The Morgan fingerprint density at radius 1 is 1.26 bits per heavy atom. The van der Waals surface area contributed by atoms with Crippen molar-refractivity contribution in [2.75, 3.05) is 50.6 Å². The summed E-state index contributed by atoms with van der Waals surface area (Å²) in [7, 11) is 3.63. The number of likely N-dealkylation sites (N-methyl/N-ethyl adjacent to an activating group) is 1. The molecule has 1 aliphatic rings. The van der Waals surface area contributed by atoms with Gasteiger partial charge in [-0.1, -0.05) is 18.2 Å². The molecule has 5 N–H and O–H groups in total. The maximum atomic E-state index is 13.6. The van der Waals surface area contributed by atoms with Crippen LogP contribution in [-0.2, 0) is 6.54 Å². The molecule has 2 amide bonds. The Hall–Kier alpha value is -3.56. The van der Waals surface area contributed by atoms with Crippen LogP contribution in [0.1, 0.15) is 12.0 Å². The van der Waals surface area contributed by atoms with Gasteiger partial charge in [0.1, 0.15) is 5.75 Å². The molecule has 1 fully saturated rings. The molecule has 1 aromatic heterocycles. The summed E-state index contributed by atoms with van der Waals surface area (Å²) in [4.78, 5) is 17.6. The van der Waals surface area contributed by atoms with E-state index in [1.807, 2.05) is 54.5 Å². The first-order valence-corrected chi connectivity index (χ1v) is 11.5. The highest BCUT2D eigenvalue weighted by Crippen LogP contribution is 2.31. The third-order valence-electron chi connectivity index (χ3n) is 6.17. The summed E-state index contributed by atoms with van der Waals surface area (Å²) < 4.78 is 5.37. The lowest BCUT2D eigenvalue weighted by molar-refractivity contribution is 0.188. The monoisotopic (exact) mass is 463 g/mol. The number of aromatic amines is 1. The molecule has 3 aromatic rings.